The van der Waals surface area contributed by atoms with Gasteiger partial charge in [-0.1, -0.05) is 54.6 Å². The summed E-state index contributed by atoms with van der Waals surface area (Å²) in [6.07, 6.45) is 3.80. The molecule has 6 heteroatoms. The Morgan fingerprint density at radius 1 is 0.923 bits per heavy atom. The Labute approximate surface area is 159 Å². The Hall–Kier alpha value is -2.02. The van der Waals surface area contributed by atoms with Crippen LogP contribution in [0.15, 0.2) is 60.0 Å². The highest BCUT2D eigenvalue weighted by Gasteiger charge is 2.06. The second kappa shape index (κ2) is 8.58. The highest BCUT2D eigenvalue weighted by atomic mass is 32.2. The van der Waals surface area contributed by atoms with Gasteiger partial charge in [-0.3, -0.25) is 0 Å². The normalized spacial score (nSPS) is 11.6. The van der Waals surface area contributed by atoms with Crippen LogP contribution in [0.2, 0.25) is 0 Å². The van der Waals surface area contributed by atoms with Gasteiger partial charge < -0.3 is 0 Å². The number of thiazole rings is 1. The molecule has 0 bridgehead atoms. The summed E-state index contributed by atoms with van der Waals surface area (Å²) < 4.78 is 24.7. The Balaban J connectivity index is 1.57. The summed E-state index contributed by atoms with van der Waals surface area (Å²) in [5.41, 5.74) is 4.52. The van der Waals surface area contributed by atoms with Crippen molar-refractivity contribution in [3.8, 4) is 11.3 Å². The highest BCUT2D eigenvalue weighted by molar-refractivity contribution is 7.88. The van der Waals surface area contributed by atoms with E-state index in [2.05, 4.69) is 34.4 Å². The van der Waals surface area contributed by atoms with Crippen LogP contribution in [0.4, 0.5) is 0 Å². The molecular formula is C20H22N2O2S2. The van der Waals surface area contributed by atoms with Gasteiger partial charge in [0.15, 0.2) is 0 Å². The molecule has 3 aromatic rings. The minimum absolute atomic E-state index is 0.415. The maximum Gasteiger partial charge on any atom is 0.208 e. The van der Waals surface area contributed by atoms with Crippen LogP contribution in [0.1, 0.15) is 16.1 Å². The van der Waals surface area contributed by atoms with E-state index in [0.29, 0.717) is 13.0 Å². The van der Waals surface area contributed by atoms with Crippen LogP contribution in [0.5, 0.6) is 0 Å². The van der Waals surface area contributed by atoms with E-state index in [-0.39, 0.29) is 0 Å². The van der Waals surface area contributed by atoms with Gasteiger partial charge in [0.25, 0.3) is 0 Å². The van der Waals surface area contributed by atoms with Crippen molar-refractivity contribution in [1.82, 2.24) is 9.71 Å². The molecule has 0 aliphatic heterocycles. The van der Waals surface area contributed by atoms with Crippen molar-refractivity contribution in [3.63, 3.8) is 0 Å². The second-order valence-electron chi connectivity index (χ2n) is 6.23. The maximum atomic E-state index is 11.1. The highest BCUT2D eigenvalue weighted by Crippen LogP contribution is 2.23. The van der Waals surface area contributed by atoms with Gasteiger partial charge in [0.2, 0.25) is 10.0 Å². The van der Waals surface area contributed by atoms with Crippen LogP contribution >= 0.6 is 11.3 Å². The first-order valence-electron chi connectivity index (χ1n) is 8.52. The molecule has 0 unspecified atom stereocenters. The second-order valence-corrected chi connectivity index (χ2v) is 9.00. The molecule has 0 fully saturated rings. The molecule has 0 aliphatic carbocycles. The maximum absolute atomic E-state index is 11.1. The minimum atomic E-state index is -3.13. The van der Waals surface area contributed by atoms with Crippen molar-refractivity contribution < 1.29 is 8.42 Å². The van der Waals surface area contributed by atoms with Crippen LogP contribution in [0.3, 0.4) is 0 Å². The number of aryl methyl sites for hydroxylation is 2. The summed E-state index contributed by atoms with van der Waals surface area (Å²) in [7, 11) is -3.13. The van der Waals surface area contributed by atoms with Crippen molar-refractivity contribution in [2.24, 2.45) is 0 Å². The molecule has 0 saturated carbocycles. The molecule has 3 rings (SSSR count). The lowest BCUT2D eigenvalue weighted by atomic mass is 10.1. The molecule has 0 saturated heterocycles. The van der Waals surface area contributed by atoms with Crippen LogP contribution in [-0.2, 0) is 29.3 Å². The zero-order chi connectivity index (χ0) is 18.4. The van der Waals surface area contributed by atoms with Gasteiger partial charge in [-0.2, -0.15) is 0 Å². The molecule has 0 amide bonds. The van der Waals surface area contributed by atoms with E-state index in [1.165, 1.54) is 11.8 Å². The van der Waals surface area contributed by atoms with Crippen LogP contribution < -0.4 is 4.72 Å². The molecule has 0 radical (unpaired) electrons. The van der Waals surface area contributed by atoms with E-state index in [0.717, 1.165) is 34.7 Å². The predicted molar refractivity (Wildman–Crippen MR) is 108 cm³/mol. The number of benzene rings is 2. The van der Waals surface area contributed by atoms with Crippen molar-refractivity contribution in [3.05, 3.63) is 76.1 Å². The number of sulfonamides is 1. The molecule has 0 spiro atoms. The van der Waals surface area contributed by atoms with Crippen molar-refractivity contribution in [2.45, 2.75) is 19.3 Å². The van der Waals surface area contributed by atoms with Crippen molar-refractivity contribution in [1.29, 1.82) is 0 Å². The number of nitrogens with zero attached hydrogens (tertiary/aromatic N) is 1. The fraction of sp³-hybridized carbons (Fsp3) is 0.250. The van der Waals surface area contributed by atoms with E-state index in [9.17, 15) is 8.42 Å². The summed E-state index contributed by atoms with van der Waals surface area (Å²) >= 11 is 1.70. The van der Waals surface area contributed by atoms with Gasteiger partial charge in [0.1, 0.15) is 0 Å². The summed E-state index contributed by atoms with van der Waals surface area (Å²) in [6.45, 7) is 0.415. The summed E-state index contributed by atoms with van der Waals surface area (Å²) in [6, 6.07) is 18.6. The lowest BCUT2D eigenvalue weighted by molar-refractivity contribution is 0.588. The smallest absolute Gasteiger partial charge is 0.208 e. The first-order chi connectivity index (χ1) is 12.5. The zero-order valence-corrected chi connectivity index (χ0v) is 16.3. The third kappa shape index (κ3) is 5.76. The predicted octanol–water partition coefficient (Wildman–Crippen LogP) is 3.69. The molecule has 0 aliphatic rings. The fourth-order valence-corrected chi connectivity index (χ4v) is 3.96. The average Bonchev–Trinajstić information content (AvgIpc) is 3.09. The van der Waals surface area contributed by atoms with Crippen LogP contribution in [-0.4, -0.2) is 26.2 Å². The van der Waals surface area contributed by atoms with E-state index in [4.69, 9.17) is 4.98 Å². The number of aromatic nitrogens is 1. The lowest BCUT2D eigenvalue weighted by Gasteiger charge is -2.04. The quantitative estimate of drug-likeness (QED) is 0.642. The molecule has 1 heterocycles. The standard InChI is InChI=1S/C20H22N2O2S2/c1-26(23,24)21-14-13-17-7-10-18(11-8-17)19-15-25-20(22-19)12-9-16-5-3-2-4-6-16/h2-8,10-11,15,21H,9,12-14H2,1H3. The summed E-state index contributed by atoms with van der Waals surface area (Å²) in [5.74, 6) is 0. The molecule has 1 aromatic heterocycles. The SMILES string of the molecule is CS(=O)(=O)NCCc1ccc(-c2csc(CCc3ccccc3)n2)cc1. The Morgan fingerprint density at radius 3 is 2.31 bits per heavy atom. The Bertz CT molecular complexity index is 933. The van der Waals surface area contributed by atoms with Gasteiger partial charge in [0.05, 0.1) is 17.0 Å². The molecule has 1 N–H and O–H groups in total. The first-order valence-corrected chi connectivity index (χ1v) is 11.3. The fourth-order valence-electron chi connectivity index (χ4n) is 2.68. The van der Waals surface area contributed by atoms with Gasteiger partial charge in [-0.15, -0.1) is 11.3 Å². The first kappa shape index (κ1) is 18.8. The third-order valence-corrected chi connectivity index (χ3v) is 5.69. The third-order valence-electron chi connectivity index (χ3n) is 4.05. The Kier molecular flexibility index (Phi) is 6.19. The number of hydrogen-bond acceptors (Lipinski definition) is 4. The van der Waals surface area contributed by atoms with E-state index in [1.54, 1.807) is 11.3 Å². The number of nitrogens with one attached hydrogen (secondary N) is 1. The van der Waals surface area contributed by atoms with Crippen molar-refractivity contribution in [2.75, 3.05) is 12.8 Å². The van der Waals surface area contributed by atoms with Gasteiger partial charge in [0, 0.05) is 23.9 Å². The molecular weight excluding hydrogens is 364 g/mol. The zero-order valence-electron chi connectivity index (χ0n) is 14.7. The largest absolute Gasteiger partial charge is 0.241 e. The van der Waals surface area contributed by atoms with E-state index >= 15 is 0 Å². The topological polar surface area (TPSA) is 59.1 Å². The molecule has 26 heavy (non-hydrogen) atoms. The average molecular weight is 387 g/mol. The summed E-state index contributed by atoms with van der Waals surface area (Å²) in [5, 5.41) is 3.24. The number of hydrogen-bond donors (Lipinski definition) is 1. The van der Waals surface area contributed by atoms with Gasteiger partial charge in [-0.05, 0) is 24.0 Å². The summed E-state index contributed by atoms with van der Waals surface area (Å²) in [4.78, 5) is 4.75. The van der Waals surface area contributed by atoms with E-state index in [1.807, 2.05) is 30.3 Å². The number of rotatable bonds is 8. The molecule has 136 valence electrons. The van der Waals surface area contributed by atoms with Crippen molar-refractivity contribution >= 4 is 21.4 Å². The van der Waals surface area contributed by atoms with Gasteiger partial charge in [-0.25, -0.2) is 18.1 Å². The molecule has 4 nitrogen and oxygen atoms in total. The monoisotopic (exact) mass is 386 g/mol. The minimum Gasteiger partial charge on any atom is -0.241 e. The van der Waals surface area contributed by atoms with Crippen LogP contribution in [0.25, 0.3) is 11.3 Å². The Morgan fingerprint density at radius 2 is 1.62 bits per heavy atom. The molecule has 2 aromatic carbocycles. The molecule has 0 atom stereocenters. The van der Waals surface area contributed by atoms with Crippen LogP contribution in [0, 0.1) is 0 Å². The van der Waals surface area contributed by atoms with Gasteiger partial charge >= 0.3 is 0 Å². The van der Waals surface area contributed by atoms with E-state index < -0.39 is 10.0 Å². The lowest BCUT2D eigenvalue weighted by Crippen LogP contribution is -2.24.